The third kappa shape index (κ3) is 7.62. The highest BCUT2D eigenvalue weighted by molar-refractivity contribution is 7.14. The number of nitrogens with one attached hydrogen (secondary N) is 1. The topological polar surface area (TPSA) is 112 Å². The maximum atomic E-state index is 13.4. The predicted octanol–water partition coefficient (Wildman–Crippen LogP) is 7.00. The number of aryl methyl sites for hydroxylation is 1. The molecule has 0 bridgehead atoms. The number of nitrogens with zero attached hydrogens (tertiary/aromatic N) is 3. The molecule has 0 unspecified atom stereocenters. The van der Waals surface area contributed by atoms with E-state index >= 15 is 0 Å². The molecule has 2 fully saturated rings. The third-order valence-corrected chi connectivity index (χ3v) is 11.1. The first-order chi connectivity index (χ1) is 22.8. The van der Waals surface area contributed by atoms with Crippen LogP contribution in [-0.4, -0.2) is 56.9 Å². The lowest BCUT2D eigenvalue weighted by atomic mass is 9.78. The Hall–Kier alpha value is -4.37. The lowest BCUT2D eigenvalue weighted by Gasteiger charge is -2.38. The molecule has 47 heavy (non-hydrogen) atoms. The van der Waals surface area contributed by atoms with Gasteiger partial charge in [0.25, 0.3) is 5.91 Å². The number of hydrogen-bond acceptors (Lipinski definition) is 6. The minimum Gasteiger partial charge on any atom is -0.481 e. The van der Waals surface area contributed by atoms with Gasteiger partial charge in [-0.15, -0.1) is 11.3 Å². The molecular formula is C38H42N4O4S. The Balaban J connectivity index is 1.10. The van der Waals surface area contributed by atoms with Crippen LogP contribution in [0.1, 0.15) is 77.5 Å². The number of aromatic nitrogens is 2. The average molecular weight is 651 g/mol. The smallest absolute Gasteiger partial charge is 0.310 e. The highest BCUT2D eigenvalue weighted by atomic mass is 32.1. The lowest BCUT2D eigenvalue weighted by Crippen LogP contribution is -2.59. The summed E-state index contributed by atoms with van der Waals surface area (Å²) in [5.74, 6) is 0.0971. The van der Waals surface area contributed by atoms with Crippen molar-refractivity contribution in [1.29, 1.82) is 0 Å². The molecule has 2 aromatic carbocycles. The van der Waals surface area contributed by atoms with Crippen LogP contribution in [0.3, 0.4) is 0 Å². The number of carboxylic acids is 1. The fraction of sp³-hybridized carbons (Fsp3) is 0.395. The molecule has 2 aliphatic rings. The highest BCUT2D eigenvalue weighted by Crippen LogP contribution is 2.37. The summed E-state index contributed by atoms with van der Waals surface area (Å²) < 4.78 is 0. The molecule has 2 aromatic heterocycles. The van der Waals surface area contributed by atoms with Crippen molar-refractivity contribution in [2.75, 3.05) is 13.1 Å². The number of carbonyl (C=O) groups excluding carboxylic acids is 2. The van der Waals surface area contributed by atoms with Gasteiger partial charge < -0.3 is 15.3 Å². The van der Waals surface area contributed by atoms with Gasteiger partial charge in [-0.05, 0) is 72.8 Å². The van der Waals surface area contributed by atoms with Gasteiger partial charge in [-0.1, -0.05) is 68.8 Å². The van der Waals surface area contributed by atoms with Crippen molar-refractivity contribution < 1.29 is 19.5 Å². The van der Waals surface area contributed by atoms with Crippen LogP contribution in [0, 0.1) is 11.8 Å². The molecule has 2 amide bonds. The zero-order valence-electron chi connectivity index (χ0n) is 27.0. The summed E-state index contributed by atoms with van der Waals surface area (Å²) in [7, 11) is 0. The van der Waals surface area contributed by atoms with E-state index in [1.165, 1.54) is 53.9 Å². The van der Waals surface area contributed by atoms with Crippen molar-refractivity contribution in [2.24, 2.45) is 11.8 Å². The van der Waals surface area contributed by atoms with Crippen molar-refractivity contribution in [2.45, 2.75) is 70.8 Å². The summed E-state index contributed by atoms with van der Waals surface area (Å²) in [6, 6.07) is 19.4. The zero-order valence-corrected chi connectivity index (χ0v) is 27.8. The molecule has 1 saturated heterocycles. The second-order valence-corrected chi connectivity index (χ2v) is 14.0. The van der Waals surface area contributed by atoms with Crippen molar-refractivity contribution in [3.05, 3.63) is 93.9 Å². The van der Waals surface area contributed by atoms with Crippen molar-refractivity contribution in [3.8, 4) is 22.5 Å². The normalized spacial score (nSPS) is 18.7. The van der Waals surface area contributed by atoms with E-state index < -0.39 is 17.9 Å². The number of hydrogen-bond donors (Lipinski definition) is 2. The van der Waals surface area contributed by atoms with Crippen LogP contribution in [0.2, 0.25) is 0 Å². The Labute approximate surface area is 280 Å². The molecule has 1 atom stereocenters. The molecule has 244 valence electrons. The first-order valence-corrected chi connectivity index (χ1v) is 17.6. The highest BCUT2D eigenvalue weighted by Gasteiger charge is 2.39. The maximum absolute atomic E-state index is 13.4. The quantitative estimate of drug-likeness (QED) is 0.181. The molecule has 6 rings (SSSR count). The fourth-order valence-corrected chi connectivity index (χ4v) is 7.51. The van der Waals surface area contributed by atoms with E-state index in [4.69, 9.17) is 0 Å². The Morgan fingerprint density at radius 1 is 0.872 bits per heavy atom. The fourth-order valence-electron chi connectivity index (χ4n) is 6.66. The van der Waals surface area contributed by atoms with Crippen LogP contribution in [0.4, 0.5) is 0 Å². The number of thiophene rings is 1. The molecule has 0 radical (unpaired) electrons. The first kappa shape index (κ1) is 32.6. The number of carbonyl (C=O) groups is 3. The van der Waals surface area contributed by atoms with Gasteiger partial charge in [0.1, 0.15) is 6.04 Å². The van der Waals surface area contributed by atoms with E-state index in [1.54, 1.807) is 6.07 Å². The number of carboxylic acid groups (broad SMARTS) is 1. The Bertz CT molecular complexity index is 1690. The van der Waals surface area contributed by atoms with Crippen LogP contribution in [0.25, 0.3) is 22.5 Å². The molecule has 1 aliphatic heterocycles. The summed E-state index contributed by atoms with van der Waals surface area (Å²) in [6.07, 6.45) is 11.3. The summed E-state index contributed by atoms with van der Waals surface area (Å²) in [4.78, 5) is 50.2. The number of benzene rings is 2. The molecule has 3 heterocycles. The van der Waals surface area contributed by atoms with E-state index in [1.807, 2.05) is 49.6 Å². The van der Waals surface area contributed by atoms with E-state index in [-0.39, 0.29) is 31.3 Å². The van der Waals surface area contributed by atoms with Gasteiger partial charge in [-0.25, -0.2) is 9.97 Å². The standard InChI is InChI=1S/C38H42N4O4S/c1-3-24-5-9-26(10-6-24)27-13-15-28(16-14-27)30-20-39-35(40-21-30)29-11-7-25(8-12-29)19-33(37(44)42-22-31(23-42)38(45)46)41-36(43)34-18-17-32(4-2)47-34/h7-8,11-18,20-21,24,26,31,33H,3-6,9-10,19,22-23H2,1-2H3,(H,41,43)(H,45,46)/t24-,26-,33-/m0/s1. The summed E-state index contributed by atoms with van der Waals surface area (Å²) in [6.45, 7) is 4.63. The molecular weight excluding hydrogens is 609 g/mol. The van der Waals surface area contributed by atoms with E-state index in [2.05, 4.69) is 46.5 Å². The van der Waals surface area contributed by atoms with Gasteiger partial charge in [-0.2, -0.15) is 0 Å². The predicted molar refractivity (Wildman–Crippen MR) is 184 cm³/mol. The van der Waals surface area contributed by atoms with Crippen LogP contribution in [0.5, 0.6) is 0 Å². The van der Waals surface area contributed by atoms with Gasteiger partial charge in [0, 0.05) is 47.9 Å². The van der Waals surface area contributed by atoms with Gasteiger partial charge in [0.05, 0.1) is 10.8 Å². The first-order valence-electron chi connectivity index (χ1n) is 16.7. The number of amides is 2. The molecule has 1 aliphatic carbocycles. The van der Waals surface area contributed by atoms with Crippen molar-refractivity contribution >= 4 is 29.1 Å². The van der Waals surface area contributed by atoms with E-state index in [9.17, 15) is 19.5 Å². The third-order valence-electron chi connectivity index (χ3n) is 9.82. The maximum Gasteiger partial charge on any atom is 0.310 e. The van der Waals surface area contributed by atoms with Crippen LogP contribution in [-0.2, 0) is 22.4 Å². The van der Waals surface area contributed by atoms with Crippen LogP contribution >= 0.6 is 11.3 Å². The number of aliphatic carboxylic acids is 1. The zero-order chi connectivity index (χ0) is 32.9. The molecule has 9 heteroatoms. The molecule has 2 N–H and O–H groups in total. The van der Waals surface area contributed by atoms with Gasteiger partial charge >= 0.3 is 5.97 Å². The minimum absolute atomic E-state index is 0.149. The SMILES string of the molecule is CCc1ccc(C(=O)N[C@@H](Cc2ccc(-c3ncc(-c4ccc([C@H]5CC[C@H](CC)CC5)cc4)cn3)cc2)C(=O)N2CC(C(=O)O)C2)s1. The summed E-state index contributed by atoms with van der Waals surface area (Å²) in [5, 5.41) is 12.2. The van der Waals surface area contributed by atoms with E-state index in [0.717, 1.165) is 39.5 Å². The van der Waals surface area contributed by atoms with Crippen LogP contribution in [0.15, 0.2) is 73.1 Å². The second-order valence-electron chi connectivity index (χ2n) is 12.9. The monoisotopic (exact) mass is 650 g/mol. The van der Waals surface area contributed by atoms with E-state index in [0.29, 0.717) is 16.6 Å². The average Bonchev–Trinajstić information content (AvgIpc) is 3.58. The Kier molecular flexibility index (Phi) is 10.1. The van der Waals surface area contributed by atoms with Crippen molar-refractivity contribution in [1.82, 2.24) is 20.2 Å². The molecule has 1 saturated carbocycles. The van der Waals surface area contributed by atoms with Gasteiger partial charge in [0.15, 0.2) is 5.82 Å². The van der Waals surface area contributed by atoms with Crippen molar-refractivity contribution in [3.63, 3.8) is 0 Å². The summed E-state index contributed by atoms with van der Waals surface area (Å²) >= 11 is 1.41. The van der Waals surface area contributed by atoms with Crippen LogP contribution < -0.4 is 5.32 Å². The molecule has 0 spiro atoms. The minimum atomic E-state index is -0.913. The summed E-state index contributed by atoms with van der Waals surface area (Å²) in [5.41, 5.74) is 5.21. The van der Waals surface area contributed by atoms with Gasteiger partial charge in [0.2, 0.25) is 5.91 Å². The second kappa shape index (κ2) is 14.6. The largest absolute Gasteiger partial charge is 0.481 e. The lowest BCUT2D eigenvalue weighted by molar-refractivity contribution is -0.153. The Morgan fingerprint density at radius 2 is 1.53 bits per heavy atom. The van der Waals surface area contributed by atoms with Gasteiger partial charge in [-0.3, -0.25) is 14.4 Å². The number of rotatable bonds is 11. The number of likely N-dealkylation sites (tertiary alicyclic amines) is 1. The Morgan fingerprint density at radius 3 is 2.13 bits per heavy atom. The molecule has 4 aromatic rings. The molecule has 8 nitrogen and oxygen atoms in total.